The number of hydrogen-bond donors (Lipinski definition) is 2. The number of carbonyl (C=O) groups is 2. The largest absolute Gasteiger partial charge is 0.497 e. The summed E-state index contributed by atoms with van der Waals surface area (Å²) < 4.78 is 10.3. The van der Waals surface area contributed by atoms with Crippen LogP contribution in [0.4, 0.5) is 5.69 Å². The third-order valence-corrected chi connectivity index (χ3v) is 3.22. The Morgan fingerprint density at radius 3 is 2.42 bits per heavy atom. The van der Waals surface area contributed by atoms with Crippen LogP contribution in [-0.4, -0.2) is 32.1 Å². The highest BCUT2D eigenvalue weighted by Gasteiger charge is 2.07. The molecule has 0 saturated heterocycles. The summed E-state index contributed by atoms with van der Waals surface area (Å²) in [6.45, 7) is -0.339. The van der Waals surface area contributed by atoms with E-state index in [4.69, 9.17) is 21.1 Å². The third-order valence-electron chi connectivity index (χ3n) is 2.98. The third kappa shape index (κ3) is 5.81. The van der Waals surface area contributed by atoms with E-state index < -0.39 is 5.91 Å². The maximum absolute atomic E-state index is 11.7. The van der Waals surface area contributed by atoms with Gasteiger partial charge in [0.05, 0.1) is 13.7 Å². The predicted octanol–water partition coefficient (Wildman–Crippen LogP) is 2.48. The molecule has 0 unspecified atom stereocenters. The first kappa shape index (κ1) is 17.6. The molecule has 0 aromatic heterocycles. The van der Waals surface area contributed by atoms with E-state index in [1.54, 1.807) is 55.6 Å². The molecule has 0 fully saturated rings. The molecule has 0 radical (unpaired) electrons. The zero-order valence-electron chi connectivity index (χ0n) is 13.0. The van der Waals surface area contributed by atoms with Gasteiger partial charge in [-0.05, 0) is 42.5 Å². The molecule has 0 aliphatic rings. The van der Waals surface area contributed by atoms with Crippen LogP contribution in [0.2, 0.25) is 5.02 Å². The van der Waals surface area contributed by atoms with Crippen molar-refractivity contribution in [2.45, 2.75) is 0 Å². The van der Waals surface area contributed by atoms with Gasteiger partial charge in [-0.2, -0.15) is 0 Å². The minimum atomic E-state index is -0.396. The van der Waals surface area contributed by atoms with E-state index in [2.05, 4.69) is 10.6 Å². The maximum atomic E-state index is 11.7. The van der Waals surface area contributed by atoms with E-state index in [9.17, 15) is 9.59 Å². The number of benzene rings is 2. The Bertz CT molecular complexity index is 704. The smallest absolute Gasteiger partial charge is 0.258 e. The summed E-state index contributed by atoms with van der Waals surface area (Å²) in [6, 6.07) is 13.6. The lowest BCUT2D eigenvalue weighted by molar-refractivity contribution is -0.125. The van der Waals surface area contributed by atoms with Crippen LogP contribution in [0.15, 0.2) is 48.5 Å². The topological polar surface area (TPSA) is 76.7 Å². The fraction of sp³-hybridized carbons (Fsp3) is 0.176. The fourth-order valence-electron chi connectivity index (χ4n) is 1.82. The highest BCUT2D eigenvalue weighted by Crippen LogP contribution is 2.17. The highest BCUT2D eigenvalue weighted by atomic mass is 35.5. The Balaban J connectivity index is 1.71. The van der Waals surface area contributed by atoms with Crippen LogP contribution in [0, 0.1) is 0 Å². The zero-order chi connectivity index (χ0) is 17.4. The van der Waals surface area contributed by atoms with Crippen LogP contribution in [0.5, 0.6) is 11.5 Å². The van der Waals surface area contributed by atoms with Gasteiger partial charge >= 0.3 is 0 Å². The van der Waals surface area contributed by atoms with Gasteiger partial charge in [-0.3, -0.25) is 9.59 Å². The number of rotatable bonds is 7. The highest BCUT2D eigenvalue weighted by molar-refractivity contribution is 6.30. The van der Waals surface area contributed by atoms with E-state index in [-0.39, 0.29) is 19.1 Å². The molecule has 2 N–H and O–H groups in total. The van der Waals surface area contributed by atoms with Crippen molar-refractivity contribution in [1.82, 2.24) is 5.32 Å². The molecule has 2 rings (SSSR count). The molecule has 2 amide bonds. The van der Waals surface area contributed by atoms with Crippen molar-refractivity contribution >= 4 is 29.1 Å². The molecule has 7 heteroatoms. The lowest BCUT2D eigenvalue weighted by Gasteiger charge is -2.09. The van der Waals surface area contributed by atoms with E-state index in [0.29, 0.717) is 22.2 Å². The van der Waals surface area contributed by atoms with Gasteiger partial charge in [-0.1, -0.05) is 17.7 Å². The lowest BCUT2D eigenvalue weighted by Crippen LogP contribution is -2.35. The SMILES string of the molecule is COc1ccc(OCC(=O)NCC(=O)Nc2cccc(Cl)c2)cc1. The number of hydrogen-bond acceptors (Lipinski definition) is 4. The Hall–Kier alpha value is -2.73. The standard InChI is InChI=1S/C17H17ClN2O4/c1-23-14-5-7-15(8-6-14)24-11-17(22)19-10-16(21)20-13-4-2-3-12(18)9-13/h2-9H,10-11H2,1H3,(H,19,22)(H,20,21). The summed E-state index contributed by atoms with van der Waals surface area (Å²) in [4.78, 5) is 23.4. The quantitative estimate of drug-likeness (QED) is 0.806. The number of ether oxygens (including phenoxy) is 2. The van der Waals surface area contributed by atoms with Crippen molar-refractivity contribution in [2.24, 2.45) is 0 Å². The van der Waals surface area contributed by atoms with Crippen molar-refractivity contribution in [1.29, 1.82) is 0 Å². The van der Waals surface area contributed by atoms with Gasteiger partial charge in [0.15, 0.2) is 6.61 Å². The summed E-state index contributed by atoms with van der Waals surface area (Å²) in [5.41, 5.74) is 0.566. The average molecular weight is 349 g/mol. The maximum Gasteiger partial charge on any atom is 0.258 e. The second-order valence-corrected chi connectivity index (χ2v) is 5.24. The second kappa shape index (κ2) is 8.79. The summed E-state index contributed by atoms with van der Waals surface area (Å²) in [6.07, 6.45) is 0. The van der Waals surface area contributed by atoms with Gasteiger partial charge in [0.2, 0.25) is 5.91 Å². The molecule has 0 aliphatic carbocycles. The van der Waals surface area contributed by atoms with Gasteiger partial charge in [0.25, 0.3) is 5.91 Å². The molecule has 2 aromatic rings. The molecule has 6 nitrogen and oxygen atoms in total. The van der Waals surface area contributed by atoms with E-state index >= 15 is 0 Å². The Labute approximate surface area is 144 Å². The average Bonchev–Trinajstić information content (AvgIpc) is 2.58. The van der Waals surface area contributed by atoms with E-state index in [1.807, 2.05) is 0 Å². The first-order valence-electron chi connectivity index (χ1n) is 7.16. The number of nitrogens with one attached hydrogen (secondary N) is 2. The van der Waals surface area contributed by atoms with E-state index in [0.717, 1.165) is 0 Å². The van der Waals surface area contributed by atoms with Crippen LogP contribution in [0.1, 0.15) is 0 Å². The Morgan fingerprint density at radius 1 is 1.04 bits per heavy atom. The first-order valence-corrected chi connectivity index (χ1v) is 7.53. The molecule has 24 heavy (non-hydrogen) atoms. The second-order valence-electron chi connectivity index (χ2n) is 4.80. The van der Waals surface area contributed by atoms with Crippen LogP contribution in [-0.2, 0) is 9.59 Å². The predicted molar refractivity (Wildman–Crippen MR) is 91.6 cm³/mol. The lowest BCUT2D eigenvalue weighted by atomic mass is 10.3. The van der Waals surface area contributed by atoms with Crippen LogP contribution >= 0.6 is 11.6 Å². The molecular weight excluding hydrogens is 332 g/mol. The van der Waals surface area contributed by atoms with Crippen LogP contribution in [0.25, 0.3) is 0 Å². The van der Waals surface area contributed by atoms with Crippen molar-refractivity contribution in [3.05, 3.63) is 53.6 Å². The number of halogens is 1. The molecule has 2 aromatic carbocycles. The minimum absolute atomic E-state index is 0.155. The summed E-state index contributed by atoms with van der Waals surface area (Å²) >= 11 is 5.83. The normalized spacial score (nSPS) is 9.92. The number of carbonyl (C=O) groups excluding carboxylic acids is 2. The summed E-state index contributed by atoms with van der Waals surface area (Å²) in [5, 5.41) is 5.63. The molecule has 0 saturated carbocycles. The van der Waals surface area contributed by atoms with Crippen molar-refractivity contribution < 1.29 is 19.1 Å². The summed E-state index contributed by atoms with van der Waals surface area (Å²) in [7, 11) is 1.57. The van der Waals surface area contributed by atoms with Crippen molar-refractivity contribution in [2.75, 3.05) is 25.6 Å². The van der Waals surface area contributed by atoms with Gasteiger partial charge in [-0.15, -0.1) is 0 Å². The number of anilines is 1. The van der Waals surface area contributed by atoms with Crippen molar-refractivity contribution in [3.63, 3.8) is 0 Å². The van der Waals surface area contributed by atoms with Crippen LogP contribution < -0.4 is 20.1 Å². The minimum Gasteiger partial charge on any atom is -0.497 e. The Morgan fingerprint density at radius 2 is 1.75 bits per heavy atom. The number of methoxy groups -OCH3 is 1. The monoisotopic (exact) mass is 348 g/mol. The molecule has 0 aliphatic heterocycles. The molecule has 0 atom stereocenters. The van der Waals surface area contributed by atoms with Gasteiger partial charge in [-0.25, -0.2) is 0 Å². The zero-order valence-corrected chi connectivity index (χ0v) is 13.8. The fourth-order valence-corrected chi connectivity index (χ4v) is 2.01. The summed E-state index contributed by atoms with van der Waals surface area (Å²) in [5.74, 6) is 0.487. The molecule has 0 spiro atoms. The van der Waals surface area contributed by atoms with Crippen LogP contribution in [0.3, 0.4) is 0 Å². The van der Waals surface area contributed by atoms with Gasteiger partial charge < -0.3 is 20.1 Å². The van der Waals surface area contributed by atoms with E-state index in [1.165, 1.54) is 0 Å². The number of amides is 2. The first-order chi connectivity index (χ1) is 11.6. The molecule has 126 valence electrons. The Kier molecular flexibility index (Phi) is 6.45. The van der Waals surface area contributed by atoms with Crippen molar-refractivity contribution in [3.8, 4) is 11.5 Å². The van der Waals surface area contributed by atoms with Gasteiger partial charge in [0.1, 0.15) is 11.5 Å². The van der Waals surface area contributed by atoms with Gasteiger partial charge in [0, 0.05) is 10.7 Å². The molecule has 0 bridgehead atoms. The molecular formula is C17H17ClN2O4. The molecule has 0 heterocycles.